The number of nitrogens with zero attached hydrogens (tertiary/aromatic N) is 2. The van der Waals surface area contributed by atoms with Gasteiger partial charge in [0.1, 0.15) is 0 Å². The molecule has 0 saturated carbocycles. The number of aryl methyl sites for hydroxylation is 3. The summed E-state index contributed by atoms with van der Waals surface area (Å²) in [6.07, 6.45) is 4.85. The molecule has 2 heterocycles. The standard InChI is InChI=1S/C25H33N3O/c1-18-13-19(2)15-22(14-18)25(29)26-17-24(28-11-4-5-12-28)21-8-9-23-20(16-21)7-6-10-27(23)3/h8-9,13-16,24H,4-7,10-12,17H2,1-3H3,(H,26,29). The van der Waals surface area contributed by atoms with Crippen molar-refractivity contribution >= 4 is 11.6 Å². The number of fused-ring (bicyclic) bond motifs is 1. The molecule has 2 aliphatic rings. The normalized spacial score (nSPS) is 17.8. The molecule has 0 aromatic heterocycles. The number of likely N-dealkylation sites (tertiary alicyclic amines) is 1. The Hall–Kier alpha value is -2.33. The highest BCUT2D eigenvalue weighted by Crippen LogP contribution is 2.31. The number of amides is 1. The molecule has 1 amide bonds. The Morgan fingerprint density at radius 2 is 1.72 bits per heavy atom. The van der Waals surface area contributed by atoms with Crippen LogP contribution in [0.5, 0.6) is 0 Å². The molecular formula is C25H33N3O. The summed E-state index contributed by atoms with van der Waals surface area (Å²) < 4.78 is 0. The van der Waals surface area contributed by atoms with Gasteiger partial charge in [-0.1, -0.05) is 29.3 Å². The van der Waals surface area contributed by atoms with Gasteiger partial charge < -0.3 is 10.2 Å². The van der Waals surface area contributed by atoms with Crippen LogP contribution in [0.1, 0.15) is 57.9 Å². The smallest absolute Gasteiger partial charge is 0.251 e. The minimum absolute atomic E-state index is 0.0266. The van der Waals surface area contributed by atoms with Gasteiger partial charge in [0.25, 0.3) is 5.91 Å². The van der Waals surface area contributed by atoms with E-state index in [1.807, 2.05) is 26.0 Å². The van der Waals surface area contributed by atoms with Crippen LogP contribution in [-0.2, 0) is 6.42 Å². The van der Waals surface area contributed by atoms with Crippen molar-refractivity contribution < 1.29 is 4.79 Å². The van der Waals surface area contributed by atoms with Crippen LogP contribution in [0.2, 0.25) is 0 Å². The fourth-order valence-corrected chi connectivity index (χ4v) is 4.92. The van der Waals surface area contributed by atoms with Crippen LogP contribution in [-0.4, -0.2) is 44.0 Å². The molecule has 154 valence electrons. The average Bonchev–Trinajstić information content (AvgIpc) is 3.22. The lowest BCUT2D eigenvalue weighted by Gasteiger charge is -2.32. The van der Waals surface area contributed by atoms with Crippen molar-refractivity contribution in [1.29, 1.82) is 0 Å². The molecule has 1 unspecified atom stereocenters. The maximum atomic E-state index is 12.8. The van der Waals surface area contributed by atoms with Crippen LogP contribution in [0.25, 0.3) is 0 Å². The van der Waals surface area contributed by atoms with Crippen LogP contribution in [0.4, 0.5) is 5.69 Å². The number of rotatable bonds is 5. The van der Waals surface area contributed by atoms with E-state index < -0.39 is 0 Å². The molecule has 29 heavy (non-hydrogen) atoms. The summed E-state index contributed by atoms with van der Waals surface area (Å²) in [6, 6.07) is 13.2. The van der Waals surface area contributed by atoms with Gasteiger partial charge in [-0.2, -0.15) is 0 Å². The summed E-state index contributed by atoms with van der Waals surface area (Å²) in [7, 11) is 2.18. The molecule has 4 rings (SSSR count). The molecule has 0 spiro atoms. The van der Waals surface area contributed by atoms with Crippen molar-refractivity contribution in [3.8, 4) is 0 Å². The highest BCUT2D eigenvalue weighted by atomic mass is 16.1. The average molecular weight is 392 g/mol. The first-order chi connectivity index (χ1) is 14.0. The molecule has 2 aliphatic heterocycles. The zero-order valence-electron chi connectivity index (χ0n) is 18.0. The second kappa shape index (κ2) is 8.58. The zero-order chi connectivity index (χ0) is 20.4. The summed E-state index contributed by atoms with van der Waals surface area (Å²) in [5, 5.41) is 3.23. The fraction of sp³-hybridized carbons (Fsp3) is 0.480. The van der Waals surface area contributed by atoms with Crippen LogP contribution >= 0.6 is 0 Å². The van der Waals surface area contributed by atoms with Gasteiger partial charge in [-0.05, 0) is 81.9 Å². The molecule has 2 aromatic rings. The van der Waals surface area contributed by atoms with Gasteiger partial charge in [0.05, 0.1) is 6.04 Å². The summed E-state index contributed by atoms with van der Waals surface area (Å²) >= 11 is 0. The van der Waals surface area contributed by atoms with Gasteiger partial charge in [0.2, 0.25) is 0 Å². The summed E-state index contributed by atoms with van der Waals surface area (Å²) in [4.78, 5) is 17.7. The lowest BCUT2D eigenvalue weighted by atomic mass is 9.96. The predicted octanol–water partition coefficient (Wildman–Crippen LogP) is 4.25. The molecule has 0 aliphatic carbocycles. The van der Waals surface area contributed by atoms with E-state index in [9.17, 15) is 4.79 Å². The van der Waals surface area contributed by atoms with Crippen molar-refractivity contribution in [2.24, 2.45) is 0 Å². The summed E-state index contributed by atoms with van der Waals surface area (Å²) in [5.74, 6) is 0.0266. The topological polar surface area (TPSA) is 35.6 Å². The van der Waals surface area contributed by atoms with Gasteiger partial charge in [-0.3, -0.25) is 9.69 Å². The highest BCUT2D eigenvalue weighted by Gasteiger charge is 2.25. The molecule has 1 fully saturated rings. The van der Waals surface area contributed by atoms with Crippen molar-refractivity contribution in [3.05, 3.63) is 64.2 Å². The molecule has 1 saturated heterocycles. The SMILES string of the molecule is Cc1cc(C)cc(C(=O)NCC(c2ccc3c(c2)CCCN3C)N2CCCC2)c1. The van der Waals surface area contributed by atoms with E-state index in [0.717, 1.165) is 42.7 Å². The van der Waals surface area contributed by atoms with Gasteiger partial charge >= 0.3 is 0 Å². The number of carbonyl (C=O) groups excluding carboxylic acids is 1. The fourth-order valence-electron chi connectivity index (χ4n) is 4.92. The Kier molecular flexibility index (Phi) is 5.91. The number of carbonyl (C=O) groups is 1. The second-order valence-electron chi connectivity index (χ2n) is 8.76. The van der Waals surface area contributed by atoms with Gasteiger partial charge in [-0.15, -0.1) is 0 Å². The van der Waals surface area contributed by atoms with Crippen LogP contribution in [0, 0.1) is 13.8 Å². The van der Waals surface area contributed by atoms with Gasteiger partial charge in [-0.25, -0.2) is 0 Å². The quantitative estimate of drug-likeness (QED) is 0.827. The van der Waals surface area contributed by atoms with Crippen molar-refractivity contribution in [2.75, 3.05) is 38.1 Å². The maximum Gasteiger partial charge on any atom is 0.251 e. The lowest BCUT2D eigenvalue weighted by molar-refractivity contribution is 0.0937. The Labute approximate surface area is 174 Å². The number of benzene rings is 2. The molecule has 1 atom stereocenters. The van der Waals surface area contributed by atoms with E-state index in [1.165, 1.54) is 36.1 Å². The first-order valence-electron chi connectivity index (χ1n) is 11.0. The molecule has 0 bridgehead atoms. The maximum absolute atomic E-state index is 12.8. The van der Waals surface area contributed by atoms with E-state index in [4.69, 9.17) is 0 Å². The second-order valence-corrected chi connectivity index (χ2v) is 8.76. The summed E-state index contributed by atoms with van der Waals surface area (Å²) in [6.45, 7) is 8.10. The van der Waals surface area contributed by atoms with E-state index in [0.29, 0.717) is 6.54 Å². The molecule has 2 aromatic carbocycles. The molecule has 4 nitrogen and oxygen atoms in total. The van der Waals surface area contributed by atoms with Crippen LogP contribution < -0.4 is 10.2 Å². The van der Waals surface area contributed by atoms with E-state index in [-0.39, 0.29) is 11.9 Å². The van der Waals surface area contributed by atoms with E-state index >= 15 is 0 Å². The van der Waals surface area contributed by atoms with Gasteiger partial charge in [0, 0.05) is 31.4 Å². The number of nitrogens with one attached hydrogen (secondary N) is 1. The Morgan fingerprint density at radius 3 is 2.45 bits per heavy atom. The van der Waals surface area contributed by atoms with E-state index in [1.54, 1.807) is 0 Å². The first-order valence-corrected chi connectivity index (χ1v) is 11.0. The minimum atomic E-state index is 0.0266. The molecule has 4 heteroatoms. The predicted molar refractivity (Wildman–Crippen MR) is 120 cm³/mol. The van der Waals surface area contributed by atoms with Crippen molar-refractivity contribution in [3.63, 3.8) is 0 Å². The third kappa shape index (κ3) is 4.48. The van der Waals surface area contributed by atoms with Crippen molar-refractivity contribution in [2.45, 2.75) is 45.6 Å². The Balaban J connectivity index is 1.54. The van der Waals surface area contributed by atoms with Crippen LogP contribution in [0.3, 0.4) is 0 Å². The third-order valence-electron chi connectivity index (χ3n) is 6.36. The minimum Gasteiger partial charge on any atom is -0.374 e. The number of hydrogen-bond acceptors (Lipinski definition) is 3. The molecular weight excluding hydrogens is 358 g/mol. The number of hydrogen-bond donors (Lipinski definition) is 1. The molecule has 1 N–H and O–H groups in total. The monoisotopic (exact) mass is 391 g/mol. The van der Waals surface area contributed by atoms with Crippen molar-refractivity contribution in [1.82, 2.24) is 10.2 Å². The number of anilines is 1. The van der Waals surface area contributed by atoms with Gasteiger partial charge in [0.15, 0.2) is 0 Å². The van der Waals surface area contributed by atoms with E-state index in [2.05, 4.69) is 46.4 Å². The largest absolute Gasteiger partial charge is 0.374 e. The molecule has 0 radical (unpaired) electrons. The zero-order valence-corrected chi connectivity index (χ0v) is 18.0. The Morgan fingerprint density at radius 1 is 1.00 bits per heavy atom. The highest BCUT2D eigenvalue weighted by molar-refractivity contribution is 5.94. The lowest BCUT2D eigenvalue weighted by Crippen LogP contribution is -2.37. The Bertz CT molecular complexity index is 865. The first kappa shape index (κ1) is 20.0. The summed E-state index contributed by atoms with van der Waals surface area (Å²) in [5.41, 5.74) is 7.16. The van der Waals surface area contributed by atoms with Crippen LogP contribution in [0.15, 0.2) is 36.4 Å². The third-order valence-corrected chi connectivity index (χ3v) is 6.36.